The number of carbonyl (C=O) groups is 1. The van der Waals surface area contributed by atoms with Crippen molar-refractivity contribution in [3.8, 4) is 0 Å². The molecule has 0 aliphatic carbocycles. The Bertz CT molecular complexity index is 582. The Labute approximate surface area is 129 Å². The van der Waals surface area contributed by atoms with E-state index in [-0.39, 0.29) is 5.91 Å². The van der Waals surface area contributed by atoms with Crippen LogP contribution in [0, 0.1) is 5.92 Å². The largest absolute Gasteiger partial charge is 0.371 e. The normalized spacial score (nSPS) is 18.0. The second kappa shape index (κ2) is 6.31. The predicted octanol–water partition coefficient (Wildman–Crippen LogP) is 3.35. The quantitative estimate of drug-likeness (QED) is 0.864. The van der Waals surface area contributed by atoms with Crippen LogP contribution in [0.1, 0.15) is 16.8 Å². The fraction of sp³-hybridized carbons (Fsp3) is 0.353. The lowest BCUT2D eigenvalue weighted by Gasteiger charge is -2.22. The Morgan fingerprint density at radius 2 is 2.14 bits per heavy atom. The molecule has 1 atom stereocenters. The van der Waals surface area contributed by atoms with Gasteiger partial charge in [-0.15, -0.1) is 0 Å². The number of benzene rings is 1. The van der Waals surface area contributed by atoms with Crippen molar-refractivity contribution in [3.63, 3.8) is 0 Å². The summed E-state index contributed by atoms with van der Waals surface area (Å²) in [7, 11) is 1.91. The van der Waals surface area contributed by atoms with E-state index in [1.165, 1.54) is 5.69 Å². The zero-order chi connectivity index (χ0) is 14.7. The molecule has 2 heterocycles. The van der Waals surface area contributed by atoms with Crippen molar-refractivity contribution in [1.29, 1.82) is 0 Å². The highest BCUT2D eigenvalue weighted by atomic mass is 32.1. The molecule has 0 N–H and O–H groups in total. The monoisotopic (exact) mass is 300 g/mol. The lowest BCUT2D eigenvalue weighted by molar-refractivity contribution is 0.0777. The second-order valence-corrected chi connectivity index (χ2v) is 6.41. The summed E-state index contributed by atoms with van der Waals surface area (Å²) in [4.78, 5) is 16.5. The van der Waals surface area contributed by atoms with E-state index in [0.717, 1.165) is 31.6 Å². The van der Waals surface area contributed by atoms with Crippen LogP contribution in [0.4, 0.5) is 5.69 Å². The Kier molecular flexibility index (Phi) is 4.25. The highest BCUT2D eigenvalue weighted by molar-refractivity contribution is 7.08. The molecule has 1 saturated heterocycles. The molecular formula is C17H20N2OS. The third kappa shape index (κ3) is 3.27. The van der Waals surface area contributed by atoms with Gasteiger partial charge in [0.15, 0.2) is 0 Å². The van der Waals surface area contributed by atoms with Crippen molar-refractivity contribution < 1.29 is 4.79 Å². The summed E-state index contributed by atoms with van der Waals surface area (Å²) in [5.74, 6) is 0.687. The van der Waals surface area contributed by atoms with E-state index in [9.17, 15) is 4.79 Å². The van der Waals surface area contributed by atoms with Gasteiger partial charge in [-0.05, 0) is 35.9 Å². The molecule has 0 spiro atoms. The van der Waals surface area contributed by atoms with Crippen LogP contribution >= 0.6 is 11.3 Å². The number of rotatable bonds is 4. The Morgan fingerprint density at radius 1 is 1.33 bits per heavy atom. The maximum absolute atomic E-state index is 12.3. The summed E-state index contributed by atoms with van der Waals surface area (Å²) in [6.45, 7) is 2.94. The molecule has 21 heavy (non-hydrogen) atoms. The number of hydrogen-bond acceptors (Lipinski definition) is 3. The van der Waals surface area contributed by atoms with Crippen LogP contribution in [-0.2, 0) is 0 Å². The maximum atomic E-state index is 12.3. The molecule has 1 fully saturated rings. The molecule has 3 nitrogen and oxygen atoms in total. The van der Waals surface area contributed by atoms with E-state index in [1.54, 1.807) is 11.3 Å². The first-order valence-corrected chi connectivity index (χ1v) is 8.26. The van der Waals surface area contributed by atoms with Gasteiger partial charge in [-0.25, -0.2) is 0 Å². The van der Waals surface area contributed by atoms with Crippen molar-refractivity contribution in [2.75, 3.05) is 31.6 Å². The molecule has 2 aromatic rings. The number of amides is 1. The minimum Gasteiger partial charge on any atom is -0.371 e. The molecule has 1 aliphatic rings. The first kappa shape index (κ1) is 14.1. The van der Waals surface area contributed by atoms with Crippen LogP contribution in [-0.4, -0.2) is 37.5 Å². The fourth-order valence-corrected chi connectivity index (χ4v) is 3.56. The van der Waals surface area contributed by atoms with Gasteiger partial charge in [0, 0.05) is 37.7 Å². The first-order chi connectivity index (χ1) is 10.2. The minimum atomic E-state index is 0.134. The van der Waals surface area contributed by atoms with Gasteiger partial charge in [0.05, 0.1) is 5.56 Å². The van der Waals surface area contributed by atoms with Gasteiger partial charge in [0.1, 0.15) is 0 Å². The van der Waals surface area contributed by atoms with E-state index in [2.05, 4.69) is 29.2 Å². The Hall–Kier alpha value is -1.81. The molecule has 1 aliphatic heterocycles. The van der Waals surface area contributed by atoms with Crippen LogP contribution < -0.4 is 4.90 Å². The Balaban J connectivity index is 1.56. The van der Waals surface area contributed by atoms with Crippen LogP contribution in [0.3, 0.4) is 0 Å². The molecule has 1 aromatic carbocycles. The average Bonchev–Trinajstić information content (AvgIpc) is 3.19. The zero-order valence-electron chi connectivity index (χ0n) is 12.2. The fourth-order valence-electron chi connectivity index (χ4n) is 2.93. The lowest BCUT2D eigenvalue weighted by Crippen LogP contribution is -2.33. The minimum absolute atomic E-state index is 0.134. The van der Waals surface area contributed by atoms with Crippen LogP contribution in [0.25, 0.3) is 0 Å². The molecule has 3 rings (SSSR count). The van der Waals surface area contributed by atoms with Crippen molar-refractivity contribution in [3.05, 3.63) is 52.7 Å². The summed E-state index contributed by atoms with van der Waals surface area (Å²) in [6.07, 6.45) is 1.15. The SMILES string of the molecule is CN(C[C@H]1CCN(c2ccccc2)C1)C(=O)c1ccsc1. The highest BCUT2D eigenvalue weighted by Gasteiger charge is 2.25. The van der Waals surface area contributed by atoms with E-state index in [4.69, 9.17) is 0 Å². The molecule has 110 valence electrons. The van der Waals surface area contributed by atoms with Gasteiger partial charge in [-0.1, -0.05) is 18.2 Å². The number of thiophene rings is 1. The van der Waals surface area contributed by atoms with Gasteiger partial charge >= 0.3 is 0 Å². The van der Waals surface area contributed by atoms with E-state index in [1.807, 2.05) is 34.8 Å². The summed E-state index contributed by atoms with van der Waals surface area (Å²) in [6, 6.07) is 12.4. The second-order valence-electron chi connectivity index (χ2n) is 5.63. The van der Waals surface area contributed by atoms with E-state index < -0.39 is 0 Å². The smallest absolute Gasteiger partial charge is 0.254 e. The van der Waals surface area contributed by atoms with Crippen LogP contribution in [0.5, 0.6) is 0 Å². The summed E-state index contributed by atoms with van der Waals surface area (Å²) in [5.41, 5.74) is 2.09. The van der Waals surface area contributed by atoms with E-state index in [0.29, 0.717) is 5.92 Å². The molecule has 1 aromatic heterocycles. The summed E-state index contributed by atoms with van der Waals surface area (Å²) < 4.78 is 0. The van der Waals surface area contributed by atoms with Gasteiger partial charge < -0.3 is 9.80 Å². The maximum Gasteiger partial charge on any atom is 0.254 e. The van der Waals surface area contributed by atoms with Gasteiger partial charge in [-0.2, -0.15) is 11.3 Å². The first-order valence-electron chi connectivity index (χ1n) is 7.31. The van der Waals surface area contributed by atoms with Gasteiger partial charge in [0.25, 0.3) is 5.91 Å². The number of nitrogens with zero attached hydrogens (tertiary/aromatic N) is 2. The number of para-hydroxylation sites is 1. The van der Waals surface area contributed by atoms with Crippen LogP contribution in [0.15, 0.2) is 47.2 Å². The lowest BCUT2D eigenvalue weighted by atomic mass is 10.1. The van der Waals surface area contributed by atoms with E-state index >= 15 is 0 Å². The average molecular weight is 300 g/mol. The van der Waals surface area contributed by atoms with Crippen molar-refractivity contribution in [2.45, 2.75) is 6.42 Å². The topological polar surface area (TPSA) is 23.6 Å². The van der Waals surface area contributed by atoms with Crippen LogP contribution in [0.2, 0.25) is 0 Å². The van der Waals surface area contributed by atoms with Crippen molar-refractivity contribution in [2.24, 2.45) is 5.92 Å². The summed E-state index contributed by atoms with van der Waals surface area (Å²) >= 11 is 1.57. The molecule has 0 bridgehead atoms. The Morgan fingerprint density at radius 3 is 2.86 bits per heavy atom. The summed E-state index contributed by atoms with van der Waals surface area (Å²) in [5, 5.41) is 3.87. The molecule has 0 radical (unpaired) electrons. The van der Waals surface area contributed by atoms with Gasteiger partial charge in [-0.3, -0.25) is 4.79 Å². The highest BCUT2D eigenvalue weighted by Crippen LogP contribution is 2.24. The molecule has 4 heteroatoms. The molecule has 0 unspecified atom stereocenters. The molecule has 0 saturated carbocycles. The number of carbonyl (C=O) groups excluding carboxylic acids is 1. The standard InChI is InChI=1S/C17H20N2OS/c1-18(17(20)15-8-10-21-13-15)11-14-7-9-19(12-14)16-5-3-2-4-6-16/h2-6,8,10,13-14H,7,9,11-12H2,1H3/t14-/m1/s1. The zero-order valence-corrected chi connectivity index (χ0v) is 13.1. The predicted molar refractivity (Wildman–Crippen MR) is 88.0 cm³/mol. The molecular weight excluding hydrogens is 280 g/mol. The molecule has 1 amide bonds. The third-order valence-corrected chi connectivity index (χ3v) is 4.74. The van der Waals surface area contributed by atoms with Gasteiger partial charge in [0.2, 0.25) is 0 Å². The number of hydrogen-bond donors (Lipinski definition) is 0. The van der Waals surface area contributed by atoms with Crippen molar-refractivity contribution in [1.82, 2.24) is 4.90 Å². The number of anilines is 1. The van der Waals surface area contributed by atoms with Crippen molar-refractivity contribution >= 4 is 22.9 Å². The third-order valence-electron chi connectivity index (χ3n) is 4.05.